The molecule has 134 valence electrons. The first kappa shape index (κ1) is 21.0. The molecule has 1 fully saturated rings. The van der Waals surface area contributed by atoms with Gasteiger partial charge in [0.05, 0.1) is 5.56 Å². The SMILES string of the molecule is CN=C(NCCNC(=O)c1cccnc1)N1CCSC(C)(C)C1.I. The van der Waals surface area contributed by atoms with E-state index in [0.717, 1.165) is 24.8 Å². The number of aliphatic imine (C=N–C) groups is 1. The fourth-order valence-corrected chi connectivity index (χ4v) is 3.59. The van der Waals surface area contributed by atoms with Crippen molar-refractivity contribution in [1.29, 1.82) is 0 Å². The molecule has 6 nitrogen and oxygen atoms in total. The molecule has 1 aliphatic heterocycles. The average Bonchev–Trinajstić information content (AvgIpc) is 2.54. The monoisotopic (exact) mass is 463 g/mol. The van der Waals surface area contributed by atoms with Gasteiger partial charge in [0, 0.05) is 56.1 Å². The second-order valence-electron chi connectivity index (χ2n) is 6.00. The van der Waals surface area contributed by atoms with Gasteiger partial charge in [-0.05, 0) is 26.0 Å². The van der Waals surface area contributed by atoms with Crippen LogP contribution in [-0.2, 0) is 0 Å². The molecule has 2 rings (SSSR count). The maximum Gasteiger partial charge on any atom is 0.252 e. The molecule has 0 radical (unpaired) electrons. The van der Waals surface area contributed by atoms with Crippen molar-refractivity contribution in [2.24, 2.45) is 4.99 Å². The van der Waals surface area contributed by atoms with Gasteiger partial charge in [0.25, 0.3) is 5.91 Å². The summed E-state index contributed by atoms with van der Waals surface area (Å²) in [5.41, 5.74) is 0.576. The van der Waals surface area contributed by atoms with Crippen molar-refractivity contribution >= 4 is 47.6 Å². The Morgan fingerprint density at radius 2 is 2.17 bits per heavy atom. The Morgan fingerprint density at radius 1 is 1.42 bits per heavy atom. The maximum atomic E-state index is 11.9. The largest absolute Gasteiger partial charge is 0.354 e. The van der Waals surface area contributed by atoms with Gasteiger partial charge in [-0.3, -0.25) is 14.8 Å². The summed E-state index contributed by atoms with van der Waals surface area (Å²) in [5.74, 6) is 1.89. The fourth-order valence-electron chi connectivity index (χ4n) is 2.48. The minimum Gasteiger partial charge on any atom is -0.354 e. The van der Waals surface area contributed by atoms with Crippen molar-refractivity contribution < 1.29 is 4.79 Å². The van der Waals surface area contributed by atoms with Crippen LogP contribution in [0.5, 0.6) is 0 Å². The Bertz CT molecular complexity index is 553. The minimum absolute atomic E-state index is 0. The molecule has 0 bridgehead atoms. The first-order valence-corrected chi connectivity index (χ1v) is 8.78. The number of nitrogens with one attached hydrogen (secondary N) is 2. The smallest absolute Gasteiger partial charge is 0.252 e. The average molecular weight is 463 g/mol. The minimum atomic E-state index is -0.106. The van der Waals surface area contributed by atoms with Gasteiger partial charge in [0.1, 0.15) is 0 Å². The van der Waals surface area contributed by atoms with Crippen molar-refractivity contribution in [3.05, 3.63) is 30.1 Å². The highest BCUT2D eigenvalue weighted by Gasteiger charge is 2.28. The number of thioether (sulfide) groups is 1. The number of hydrogen-bond donors (Lipinski definition) is 2. The maximum absolute atomic E-state index is 11.9. The van der Waals surface area contributed by atoms with Gasteiger partial charge in [-0.15, -0.1) is 24.0 Å². The zero-order valence-electron chi connectivity index (χ0n) is 14.4. The predicted molar refractivity (Wildman–Crippen MR) is 111 cm³/mol. The Morgan fingerprint density at radius 3 is 2.79 bits per heavy atom. The Balaban J connectivity index is 0.00000288. The number of hydrogen-bond acceptors (Lipinski definition) is 4. The Kier molecular flexibility index (Phi) is 8.82. The number of nitrogens with zero attached hydrogens (tertiary/aromatic N) is 3. The first-order valence-electron chi connectivity index (χ1n) is 7.79. The van der Waals surface area contributed by atoms with E-state index in [2.05, 4.69) is 39.4 Å². The van der Waals surface area contributed by atoms with Crippen LogP contribution in [-0.4, -0.2) is 65.5 Å². The Labute approximate surface area is 165 Å². The van der Waals surface area contributed by atoms with E-state index in [0.29, 0.717) is 18.7 Å². The van der Waals surface area contributed by atoms with Gasteiger partial charge in [-0.1, -0.05) is 0 Å². The van der Waals surface area contributed by atoms with E-state index in [1.54, 1.807) is 31.6 Å². The van der Waals surface area contributed by atoms with E-state index >= 15 is 0 Å². The third kappa shape index (κ3) is 6.46. The summed E-state index contributed by atoms with van der Waals surface area (Å²) in [4.78, 5) is 22.5. The summed E-state index contributed by atoms with van der Waals surface area (Å²) in [7, 11) is 1.80. The van der Waals surface area contributed by atoms with Crippen molar-refractivity contribution in [2.45, 2.75) is 18.6 Å². The highest BCUT2D eigenvalue weighted by Crippen LogP contribution is 2.29. The summed E-state index contributed by atoms with van der Waals surface area (Å²) in [6.07, 6.45) is 3.22. The lowest BCUT2D eigenvalue weighted by Crippen LogP contribution is -2.51. The lowest BCUT2D eigenvalue weighted by atomic mass is 10.2. The molecule has 1 aliphatic rings. The van der Waals surface area contributed by atoms with E-state index in [1.165, 1.54) is 0 Å². The number of guanidine groups is 1. The number of aromatic nitrogens is 1. The van der Waals surface area contributed by atoms with E-state index in [1.807, 2.05) is 11.8 Å². The van der Waals surface area contributed by atoms with E-state index in [9.17, 15) is 4.79 Å². The van der Waals surface area contributed by atoms with E-state index in [4.69, 9.17) is 0 Å². The first-order chi connectivity index (χ1) is 11.0. The van der Waals surface area contributed by atoms with Crippen molar-refractivity contribution in [3.63, 3.8) is 0 Å². The molecular formula is C16H26IN5OS. The number of rotatable bonds is 4. The highest BCUT2D eigenvalue weighted by atomic mass is 127. The standard InChI is InChI=1S/C16H25N5OS.HI/c1-16(2)12-21(9-10-23-16)15(17-3)20-8-7-19-14(22)13-5-4-6-18-11-13;/h4-6,11H,7-10,12H2,1-3H3,(H,17,20)(H,19,22);1H. The topological polar surface area (TPSA) is 69.6 Å². The van der Waals surface area contributed by atoms with Crippen LogP contribution < -0.4 is 10.6 Å². The zero-order chi connectivity index (χ0) is 16.7. The number of carbonyl (C=O) groups excluding carboxylic acids is 1. The van der Waals surface area contributed by atoms with Crippen LogP contribution in [0.3, 0.4) is 0 Å². The fraction of sp³-hybridized carbons (Fsp3) is 0.562. The third-order valence-electron chi connectivity index (χ3n) is 3.55. The van der Waals surface area contributed by atoms with Gasteiger partial charge >= 0.3 is 0 Å². The predicted octanol–water partition coefficient (Wildman–Crippen LogP) is 1.83. The molecule has 1 aromatic rings. The van der Waals surface area contributed by atoms with Crippen molar-refractivity contribution in [1.82, 2.24) is 20.5 Å². The molecule has 0 saturated carbocycles. The zero-order valence-corrected chi connectivity index (χ0v) is 17.6. The van der Waals surface area contributed by atoms with Gasteiger partial charge in [0.15, 0.2) is 5.96 Å². The number of amides is 1. The molecule has 2 N–H and O–H groups in total. The normalized spacial score (nSPS) is 17.0. The van der Waals surface area contributed by atoms with Crippen molar-refractivity contribution in [2.75, 3.05) is 39.0 Å². The van der Waals surface area contributed by atoms with Crippen molar-refractivity contribution in [3.8, 4) is 0 Å². The summed E-state index contributed by atoms with van der Waals surface area (Å²) in [6, 6.07) is 3.51. The van der Waals surface area contributed by atoms with Crippen LogP contribution in [0, 0.1) is 0 Å². The lowest BCUT2D eigenvalue weighted by Gasteiger charge is -2.39. The molecule has 1 aromatic heterocycles. The number of carbonyl (C=O) groups is 1. The molecule has 8 heteroatoms. The summed E-state index contributed by atoms with van der Waals surface area (Å²) in [5, 5.41) is 6.20. The van der Waals surface area contributed by atoms with Crippen LogP contribution in [0.15, 0.2) is 29.5 Å². The molecule has 0 aromatic carbocycles. The number of halogens is 1. The second-order valence-corrected chi connectivity index (χ2v) is 7.80. The lowest BCUT2D eigenvalue weighted by molar-refractivity contribution is 0.0954. The quantitative estimate of drug-likeness (QED) is 0.309. The van der Waals surface area contributed by atoms with Gasteiger partial charge in [0.2, 0.25) is 0 Å². The molecule has 0 spiro atoms. The molecule has 0 unspecified atom stereocenters. The number of pyridine rings is 1. The molecular weight excluding hydrogens is 437 g/mol. The summed E-state index contributed by atoms with van der Waals surface area (Å²) in [6.45, 7) is 7.66. The van der Waals surface area contributed by atoms with Crippen LogP contribution in [0.25, 0.3) is 0 Å². The second kappa shape index (κ2) is 10.1. The van der Waals surface area contributed by atoms with Crippen LogP contribution in [0.1, 0.15) is 24.2 Å². The summed E-state index contributed by atoms with van der Waals surface area (Å²) < 4.78 is 0.240. The van der Waals surface area contributed by atoms with E-state index < -0.39 is 0 Å². The molecule has 24 heavy (non-hydrogen) atoms. The molecule has 0 atom stereocenters. The van der Waals surface area contributed by atoms with E-state index in [-0.39, 0.29) is 34.6 Å². The van der Waals surface area contributed by atoms with Gasteiger partial charge in [-0.2, -0.15) is 11.8 Å². The Hall–Kier alpha value is -1.03. The van der Waals surface area contributed by atoms with Crippen LogP contribution in [0.2, 0.25) is 0 Å². The molecule has 0 aliphatic carbocycles. The van der Waals surface area contributed by atoms with Gasteiger partial charge < -0.3 is 15.5 Å². The van der Waals surface area contributed by atoms with Gasteiger partial charge in [-0.25, -0.2) is 0 Å². The van der Waals surface area contributed by atoms with Crippen LogP contribution in [0.4, 0.5) is 0 Å². The molecule has 1 saturated heterocycles. The summed E-state index contributed by atoms with van der Waals surface area (Å²) >= 11 is 1.99. The highest BCUT2D eigenvalue weighted by molar-refractivity contribution is 14.0. The molecule has 1 amide bonds. The third-order valence-corrected chi connectivity index (χ3v) is 4.85. The van der Waals surface area contributed by atoms with Crippen LogP contribution >= 0.6 is 35.7 Å². The molecule has 2 heterocycles.